The monoisotopic (exact) mass is 360 g/mol. The first-order valence-electron chi connectivity index (χ1n) is 6.45. The number of halogens is 2. The summed E-state index contributed by atoms with van der Waals surface area (Å²) >= 11 is 3.06. The van der Waals surface area contributed by atoms with Crippen LogP contribution in [0.15, 0.2) is 16.6 Å². The topological polar surface area (TPSA) is 81.4 Å². The van der Waals surface area contributed by atoms with Crippen LogP contribution in [0.4, 0.5) is 10.1 Å². The van der Waals surface area contributed by atoms with Gasteiger partial charge in [0, 0.05) is 11.0 Å². The van der Waals surface area contributed by atoms with Gasteiger partial charge in [-0.1, -0.05) is 13.8 Å². The van der Waals surface area contributed by atoms with E-state index < -0.39 is 17.9 Å². The maximum absolute atomic E-state index is 13.2. The lowest BCUT2D eigenvalue weighted by Gasteiger charge is -2.15. The van der Waals surface area contributed by atoms with Gasteiger partial charge in [0.2, 0.25) is 0 Å². The molecule has 1 amide bonds. The Hall–Kier alpha value is -1.63. The van der Waals surface area contributed by atoms with Gasteiger partial charge in [0.05, 0.1) is 11.3 Å². The van der Waals surface area contributed by atoms with Crippen LogP contribution >= 0.6 is 15.9 Å². The van der Waals surface area contributed by atoms with Crippen LogP contribution in [-0.4, -0.2) is 24.5 Å². The van der Waals surface area contributed by atoms with Gasteiger partial charge in [0.1, 0.15) is 5.82 Å². The number of nitrogens with two attached hydrogens (primary N) is 1. The van der Waals surface area contributed by atoms with Gasteiger partial charge in [-0.15, -0.1) is 0 Å². The van der Waals surface area contributed by atoms with Crippen LogP contribution in [0.1, 0.15) is 31.1 Å². The van der Waals surface area contributed by atoms with Gasteiger partial charge in [0.15, 0.2) is 6.10 Å². The van der Waals surface area contributed by atoms with Crippen molar-refractivity contribution in [2.24, 2.45) is 5.92 Å². The van der Waals surface area contributed by atoms with Gasteiger partial charge in [-0.05, 0) is 40.9 Å². The number of benzene rings is 1. The summed E-state index contributed by atoms with van der Waals surface area (Å²) in [6.07, 6.45) is -0.950. The van der Waals surface area contributed by atoms with Crippen LogP contribution < -0.4 is 11.1 Å². The second-order valence-electron chi connectivity index (χ2n) is 5.04. The molecule has 7 heteroatoms. The predicted molar refractivity (Wildman–Crippen MR) is 81.2 cm³/mol. The molecule has 21 heavy (non-hydrogen) atoms. The molecule has 0 saturated heterocycles. The molecule has 3 N–H and O–H groups in total. The van der Waals surface area contributed by atoms with E-state index in [2.05, 4.69) is 21.2 Å². The third-order valence-corrected chi connectivity index (χ3v) is 3.30. The zero-order valence-electron chi connectivity index (χ0n) is 12.1. The molecule has 0 fully saturated rings. The number of carbonyl (C=O) groups is 2. The van der Waals surface area contributed by atoms with Crippen LogP contribution in [0.3, 0.4) is 0 Å². The van der Waals surface area contributed by atoms with Crippen molar-refractivity contribution < 1.29 is 18.7 Å². The van der Waals surface area contributed by atoms with Gasteiger partial charge in [-0.3, -0.25) is 4.79 Å². The molecular formula is C14H18BrFN2O3. The number of amides is 1. The van der Waals surface area contributed by atoms with Crippen molar-refractivity contribution in [1.29, 1.82) is 0 Å². The van der Waals surface area contributed by atoms with E-state index in [1.54, 1.807) is 0 Å². The zero-order valence-corrected chi connectivity index (χ0v) is 13.7. The van der Waals surface area contributed by atoms with Crippen molar-refractivity contribution in [2.75, 3.05) is 12.3 Å². The van der Waals surface area contributed by atoms with Crippen LogP contribution in [0.25, 0.3) is 0 Å². The largest absolute Gasteiger partial charge is 0.449 e. The van der Waals surface area contributed by atoms with E-state index in [0.29, 0.717) is 12.5 Å². The minimum Gasteiger partial charge on any atom is -0.449 e. The third kappa shape index (κ3) is 5.00. The lowest BCUT2D eigenvalue weighted by molar-refractivity contribution is -0.129. The van der Waals surface area contributed by atoms with Crippen molar-refractivity contribution in [3.63, 3.8) is 0 Å². The molecule has 5 nitrogen and oxygen atoms in total. The number of esters is 1. The van der Waals surface area contributed by atoms with Gasteiger partial charge in [0.25, 0.3) is 5.91 Å². The second kappa shape index (κ2) is 7.40. The molecule has 1 aromatic carbocycles. The van der Waals surface area contributed by atoms with Crippen molar-refractivity contribution in [2.45, 2.75) is 26.9 Å². The molecule has 1 unspecified atom stereocenters. The Balaban J connectivity index is 2.73. The van der Waals surface area contributed by atoms with E-state index in [4.69, 9.17) is 10.5 Å². The average Bonchev–Trinajstić information content (AvgIpc) is 2.39. The number of rotatable bonds is 5. The van der Waals surface area contributed by atoms with Crippen molar-refractivity contribution in [3.05, 3.63) is 28.0 Å². The minimum atomic E-state index is -0.950. The maximum Gasteiger partial charge on any atom is 0.340 e. The highest BCUT2D eigenvalue weighted by Crippen LogP contribution is 2.23. The van der Waals surface area contributed by atoms with Gasteiger partial charge >= 0.3 is 5.97 Å². The molecule has 0 aromatic heterocycles. The Bertz CT molecular complexity index is 549. The Morgan fingerprint density at radius 3 is 2.57 bits per heavy atom. The molecule has 116 valence electrons. The second-order valence-corrected chi connectivity index (χ2v) is 5.89. The number of nitrogens with one attached hydrogen (secondary N) is 1. The summed E-state index contributed by atoms with van der Waals surface area (Å²) in [7, 11) is 0. The van der Waals surface area contributed by atoms with Gasteiger partial charge in [-0.25, -0.2) is 9.18 Å². The highest BCUT2D eigenvalue weighted by Gasteiger charge is 2.21. The number of carbonyl (C=O) groups excluding carboxylic acids is 2. The first-order valence-corrected chi connectivity index (χ1v) is 7.24. The highest BCUT2D eigenvalue weighted by molar-refractivity contribution is 9.10. The summed E-state index contributed by atoms with van der Waals surface area (Å²) in [5, 5.41) is 2.66. The fourth-order valence-electron chi connectivity index (χ4n) is 1.45. The number of nitrogen functional groups attached to an aromatic ring is 1. The van der Waals surface area contributed by atoms with E-state index >= 15 is 0 Å². The third-order valence-electron chi connectivity index (χ3n) is 2.64. The lowest BCUT2D eigenvalue weighted by Crippen LogP contribution is -2.37. The lowest BCUT2D eigenvalue weighted by atomic mass is 10.2. The number of ether oxygens (including phenoxy) is 1. The maximum atomic E-state index is 13.2. The average molecular weight is 361 g/mol. The van der Waals surface area contributed by atoms with Crippen molar-refractivity contribution in [3.8, 4) is 0 Å². The Kier molecular flexibility index (Phi) is 6.14. The molecule has 0 radical (unpaired) electrons. The van der Waals surface area contributed by atoms with Gasteiger partial charge in [-0.2, -0.15) is 0 Å². The molecular weight excluding hydrogens is 343 g/mol. The first-order chi connectivity index (χ1) is 9.72. The number of hydrogen-bond donors (Lipinski definition) is 2. The SMILES string of the molecule is CC(C)CNC(=O)C(C)OC(=O)c1cc(N)c(F)cc1Br. The Labute approximate surface area is 131 Å². The smallest absolute Gasteiger partial charge is 0.340 e. The molecule has 0 aliphatic heterocycles. The van der Waals surface area contributed by atoms with E-state index in [9.17, 15) is 14.0 Å². The molecule has 0 bridgehead atoms. The molecule has 1 rings (SSSR count). The highest BCUT2D eigenvalue weighted by atomic mass is 79.9. The summed E-state index contributed by atoms with van der Waals surface area (Å²) in [4.78, 5) is 23.7. The fourth-order valence-corrected chi connectivity index (χ4v) is 1.93. The van der Waals surface area contributed by atoms with Crippen LogP contribution in [0, 0.1) is 11.7 Å². The molecule has 0 aliphatic rings. The Morgan fingerprint density at radius 2 is 2.00 bits per heavy atom. The van der Waals surface area contributed by atoms with Crippen molar-refractivity contribution >= 4 is 33.5 Å². The predicted octanol–water partition coefficient (Wildman–Crippen LogP) is 2.49. The van der Waals surface area contributed by atoms with Crippen molar-refractivity contribution in [1.82, 2.24) is 5.32 Å². The fraction of sp³-hybridized carbons (Fsp3) is 0.429. The summed E-state index contributed by atoms with van der Waals surface area (Å²) < 4.78 is 18.5. The molecule has 0 heterocycles. The quantitative estimate of drug-likeness (QED) is 0.624. The number of hydrogen-bond acceptors (Lipinski definition) is 4. The molecule has 0 spiro atoms. The van der Waals surface area contributed by atoms with Crippen LogP contribution in [0.5, 0.6) is 0 Å². The standard InChI is InChI=1S/C14H18BrFN2O3/c1-7(2)6-18-13(19)8(3)21-14(20)9-4-12(17)11(16)5-10(9)15/h4-5,7-8H,6,17H2,1-3H3,(H,18,19). The first kappa shape index (κ1) is 17.4. The summed E-state index contributed by atoms with van der Waals surface area (Å²) in [6, 6.07) is 2.25. The minimum absolute atomic E-state index is 0.0670. The zero-order chi connectivity index (χ0) is 16.2. The van der Waals surface area contributed by atoms with Gasteiger partial charge < -0.3 is 15.8 Å². The molecule has 0 aliphatic carbocycles. The van der Waals surface area contributed by atoms with E-state index in [0.717, 1.165) is 6.07 Å². The van der Waals surface area contributed by atoms with E-state index in [-0.39, 0.29) is 21.6 Å². The van der Waals surface area contributed by atoms with E-state index in [1.807, 2.05) is 13.8 Å². The molecule has 1 aromatic rings. The molecule has 1 atom stereocenters. The molecule has 0 saturated carbocycles. The Morgan fingerprint density at radius 1 is 1.38 bits per heavy atom. The number of anilines is 1. The van der Waals surface area contributed by atoms with E-state index in [1.165, 1.54) is 13.0 Å². The summed E-state index contributed by atoms with van der Waals surface area (Å²) in [5.74, 6) is -1.48. The summed E-state index contributed by atoms with van der Waals surface area (Å²) in [6.45, 7) is 5.87. The summed E-state index contributed by atoms with van der Waals surface area (Å²) in [5.41, 5.74) is 5.32. The van der Waals surface area contributed by atoms with Crippen LogP contribution in [-0.2, 0) is 9.53 Å². The van der Waals surface area contributed by atoms with Crippen LogP contribution in [0.2, 0.25) is 0 Å². The normalized spacial score (nSPS) is 12.1.